The molecule has 88 valence electrons. The summed E-state index contributed by atoms with van der Waals surface area (Å²) >= 11 is 15.1. The summed E-state index contributed by atoms with van der Waals surface area (Å²) in [6.07, 6.45) is 0. The van der Waals surface area contributed by atoms with Gasteiger partial charge in [0.25, 0.3) is 0 Å². The third kappa shape index (κ3) is 3.06. The average Bonchev–Trinajstić information content (AvgIpc) is 2.27. The standard InChI is InChI=1S/C12H8BrCl2NO/c13-9-5-7(16)1-4-12(9)17-8-2-3-10(14)11(15)6-8/h1-6H,16H2. The van der Waals surface area contributed by atoms with E-state index in [1.54, 1.807) is 36.4 Å². The Bertz CT molecular complexity index is 560. The van der Waals surface area contributed by atoms with Crippen LogP contribution in [0, 0.1) is 0 Å². The summed E-state index contributed by atoms with van der Waals surface area (Å²) in [7, 11) is 0. The van der Waals surface area contributed by atoms with Crippen LogP contribution in [-0.2, 0) is 0 Å². The molecule has 2 rings (SSSR count). The molecule has 0 unspecified atom stereocenters. The van der Waals surface area contributed by atoms with Crippen LogP contribution in [0.1, 0.15) is 0 Å². The van der Waals surface area contributed by atoms with Crippen molar-refractivity contribution in [3.8, 4) is 11.5 Å². The van der Waals surface area contributed by atoms with Crippen LogP contribution in [0.4, 0.5) is 5.69 Å². The highest BCUT2D eigenvalue weighted by molar-refractivity contribution is 9.10. The van der Waals surface area contributed by atoms with E-state index >= 15 is 0 Å². The molecule has 17 heavy (non-hydrogen) atoms. The number of ether oxygens (including phenoxy) is 1. The van der Waals surface area contributed by atoms with Crippen LogP contribution >= 0.6 is 39.1 Å². The van der Waals surface area contributed by atoms with Gasteiger partial charge in [0.1, 0.15) is 11.5 Å². The molecule has 0 aliphatic carbocycles. The lowest BCUT2D eigenvalue weighted by molar-refractivity contribution is 0.480. The summed E-state index contributed by atoms with van der Waals surface area (Å²) in [6.45, 7) is 0. The Kier molecular flexibility index (Phi) is 3.82. The molecule has 2 N–H and O–H groups in total. The Labute approximate surface area is 117 Å². The van der Waals surface area contributed by atoms with Crippen LogP contribution in [0.25, 0.3) is 0 Å². The first-order chi connectivity index (χ1) is 8.06. The highest BCUT2D eigenvalue weighted by atomic mass is 79.9. The molecule has 2 aromatic rings. The van der Waals surface area contributed by atoms with Crippen LogP contribution in [-0.4, -0.2) is 0 Å². The van der Waals surface area contributed by atoms with Gasteiger partial charge in [-0.15, -0.1) is 0 Å². The summed E-state index contributed by atoms with van der Waals surface area (Å²) in [5.41, 5.74) is 6.31. The maximum Gasteiger partial charge on any atom is 0.141 e. The second kappa shape index (κ2) is 5.17. The summed E-state index contributed by atoms with van der Waals surface area (Å²) in [4.78, 5) is 0. The normalized spacial score (nSPS) is 10.3. The van der Waals surface area contributed by atoms with Gasteiger partial charge in [-0.3, -0.25) is 0 Å². The van der Waals surface area contributed by atoms with Crippen LogP contribution < -0.4 is 10.5 Å². The summed E-state index contributed by atoms with van der Waals surface area (Å²) in [6, 6.07) is 10.4. The van der Waals surface area contributed by atoms with Crippen molar-refractivity contribution < 1.29 is 4.74 Å². The number of nitrogens with two attached hydrogens (primary N) is 1. The Balaban J connectivity index is 2.28. The van der Waals surface area contributed by atoms with E-state index in [1.165, 1.54) is 0 Å². The van der Waals surface area contributed by atoms with E-state index in [4.69, 9.17) is 33.7 Å². The fourth-order valence-corrected chi connectivity index (χ4v) is 2.03. The Morgan fingerprint density at radius 1 is 1.00 bits per heavy atom. The first-order valence-corrected chi connectivity index (χ1v) is 6.29. The molecule has 2 nitrogen and oxygen atoms in total. The zero-order chi connectivity index (χ0) is 12.4. The highest BCUT2D eigenvalue weighted by Gasteiger charge is 2.05. The fourth-order valence-electron chi connectivity index (χ4n) is 1.27. The predicted molar refractivity (Wildman–Crippen MR) is 75.1 cm³/mol. The molecule has 0 fully saturated rings. The molecule has 0 saturated heterocycles. The second-order valence-electron chi connectivity index (χ2n) is 3.37. The number of nitrogen functional groups attached to an aromatic ring is 1. The van der Waals surface area contributed by atoms with Crippen molar-refractivity contribution in [2.24, 2.45) is 0 Å². The van der Waals surface area contributed by atoms with Crippen LogP contribution in [0.2, 0.25) is 10.0 Å². The minimum absolute atomic E-state index is 0.454. The van der Waals surface area contributed by atoms with Gasteiger partial charge in [-0.2, -0.15) is 0 Å². The van der Waals surface area contributed by atoms with Crippen molar-refractivity contribution in [2.75, 3.05) is 5.73 Å². The molecule has 5 heteroatoms. The Hall–Kier alpha value is -0.900. The maximum absolute atomic E-state index is 5.90. The van der Waals surface area contributed by atoms with Gasteiger partial charge in [0.2, 0.25) is 0 Å². The molecule has 0 radical (unpaired) electrons. The van der Waals surface area contributed by atoms with E-state index in [1.807, 2.05) is 0 Å². The van der Waals surface area contributed by atoms with E-state index < -0.39 is 0 Å². The minimum atomic E-state index is 0.454. The van der Waals surface area contributed by atoms with Gasteiger partial charge in [-0.25, -0.2) is 0 Å². The van der Waals surface area contributed by atoms with Crippen LogP contribution in [0.15, 0.2) is 40.9 Å². The number of hydrogen-bond donors (Lipinski definition) is 1. The highest BCUT2D eigenvalue weighted by Crippen LogP contribution is 2.33. The van der Waals surface area contributed by atoms with E-state index in [-0.39, 0.29) is 0 Å². The summed E-state index contributed by atoms with van der Waals surface area (Å²) < 4.78 is 6.44. The molecule has 2 aromatic carbocycles. The molecule has 0 aromatic heterocycles. The Morgan fingerprint density at radius 3 is 2.41 bits per heavy atom. The minimum Gasteiger partial charge on any atom is -0.456 e. The largest absolute Gasteiger partial charge is 0.456 e. The molecular formula is C12H8BrCl2NO. The lowest BCUT2D eigenvalue weighted by Crippen LogP contribution is -1.88. The SMILES string of the molecule is Nc1ccc(Oc2ccc(Cl)c(Cl)c2)c(Br)c1. The van der Waals surface area contributed by atoms with Crippen molar-refractivity contribution in [1.29, 1.82) is 0 Å². The van der Waals surface area contributed by atoms with Gasteiger partial charge in [0, 0.05) is 11.8 Å². The van der Waals surface area contributed by atoms with E-state index in [2.05, 4.69) is 15.9 Å². The number of hydrogen-bond acceptors (Lipinski definition) is 2. The van der Waals surface area contributed by atoms with Gasteiger partial charge in [-0.1, -0.05) is 23.2 Å². The molecule has 0 atom stereocenters. The second-order valence-corrected chi connectivity index (χ2v) is 5.04. The van der Waals surface area contributed by atoms with Gasteiger partial charge in [0.15, 0.2) is 0 Å². The topological polar surface area (TPSA) is 35.2 Å². The van der Waals surface area contributed by atoms with Crippen molar-refractivity contribution in [3.05, 3.63) is 50.9 Å². The van der Waals surface area contributed by atoms with Crippen LogP contribution in [0.3, 0.4) is 0 Å². The fraction of sp³-hybridized carbons (Fsp3) is 0. The summed E-state index contributed by atoms with van der Waals surface area (Å²) in [5.74, 6) is 1.28. The molecule has 0 saturated carbocycles. The lowest BCUT2D eigenvalue weighted by atomic mass is 10.3. The van der Waals surface area contributed by atoms with Crippen molar-refractivity contribution in [3.63, 3.8) is 0 Å². The third-order valence-electron chi connectivity index (χ3n) is 2.07. The van der Waals surface area contributed by atoms with Crippen molar-refractivity contribution in [2.45, 2.75) is 0 Å². The smallest absolute Gasteiger partial charge is 0.141 e. The third-order valence-corrected chi connectivity index (χ3v) is 3.43. The van der Waals surface area contributed by atoms with Gasteiger partial charge >= 0.3 is 0 Å². The van der Waals surface area contributed by atoms with E-state index in [0.29, 0.717) is 27.2 Å². The van der Waals surface area contributed by atoms with E-state index in [0.717, 1.165) is 4.47 Å². The van der Waals surface area contributed by atoms with Gasteiger partial charge in [-0.05, 0) is 46.3 Å². The number of anilines is 1. The molecule has 0 amide bonds. The maximum atomic E-state index is 5.90. The lowest BCUT2D eigenvalue weighted by Gasteiger charge is -2.08. The molecule has 0 bridgehead atoms. The van der Waals surface area contributed by atoms with Crippen LogP contribution in [0.5, 0.6) is 11.5 Å². The van der Waals surface area contributed by atoms with Crippen molar-refractivity contribution >= 4 is 44.8 Å². The molecule has 0 spiro atoms. The Morgan fingerprint density at radius 2 is 1.76 bits per heavy atom. The number of benzene rings is 2. The molecule has 0 aliphatic rings. The number of halogens is 3. The molecular weight excluding hydrogens is 325 g/mol. The molecule has 0 aliphatic heterocycles. The van der Waals surface area contributed by atoms with E-state index in [9.17, 15) is 0 Å². The molecule has 0 heterocycles. The monoisotopic (exact) mass is 331 g/mol. The first-order valence-electron chi connectivity index (χ1n) is 4.74. The van der Waals surface area contributed by atoms with Gasteiger partial charge in [0.05, 0.1) is 14.5 Å². The van der Waals surface area contributed by atoms with Gasteiger partial charge < -0.3 is 10.5 Å². The average molecular weight is 333 g/mol. The van der Waals surface area contributed by atoms with Crippen molar-refractivity contribution in [1.82, 2.24) is 0 Å². The first kappa shape index (κ1) is 12.6. The predicted octanol–water partition coefficient (Wildman–Crippen LogP) is 5.13. The quantitative estimate of drug-likeness (QED) is 0.773. The zero-order valence-corrected chi connectivity index (χ0v) is 11.7. The number of rotatable bonds is 2. The summed E-state index contributed by atoms with van der Waals surface area (Å²) in [5, 5.41) is 0.950. The zero-order valence-electron chi connectivity index (χ0n) is 8.58.